The molecule has 0 bridgehead atoms. The number of aryl methyl sites for hydroxylation is 2. The van der Waals surface area contributed by atoms with E-state index in [0.717, 1.165) is 6.29 Å². The number of hydrogen-bond acceptors (Lipinski definition) is 3. The third kappa shape index (κ3) is 2.45. The Morgan fingerprint density at radius 1 is 1.22 bits per heavy atom. The lowest BCUT2D eigenvalue weighted by Gasteiger charge is -2.06. The van der Waals surface area contributed by atoms with Gasteiger partial charge in [-0.25, -0.2) is 0 Å². The molecule has 0 unspecified atom stereocenters. The molecule has 0 aliphatic heterocycles. The number of carbonyl (C=O) groups is 1. The van der Waals surface area contributed by atoms with E-state index >= 15 is 0 Å². The van der Waals surface area contributed by atoms with Crippen LogP contribution in [-0.4, -0.2) is 15.8 Å². The van der Waals surface area contributed by atoms with Crippen molar-refractivity contribution in [1.29, 1.82) is 0 Å². The van der Waals surface area contributed by atoms with E-state index in [-0.39, 0.29) is 10.6 Å². The van der Waals surface area contributed by atoms with E-state index in [0.29, 0.717) is 24.2 Å². The van der Waals surface area contributed by atoms with Crippen molar-refractivity contribution in [3.63, 3.8) is 0 Å². The number of nitro benzene ring substituents is 1. The molecule has 0 radical (unpaired) electrons. The number of aldehydes is 1. The van der Waals surface area contributed by atoms with Gasteiger partial charge in [-0.05, 0) is 18.6 Å². The van der Waals surface area contributed by atoms with Crippen LogP contribution in [0.15, 0.2) is 42.6 Å². The molecule has 5 nitrogen and oxygen atoms in total. The van der Waals surface area contributed by atoms with Crippen LogP contribution in [0, 0.1) is 10.1 Å². The minimum atomic E-state index is -0.383. The molecular formula is C13H12N2O3. The summed E-state index contributed by atoms with van der Waals surface area (Å²) in [4.78, 5) is 21.2. The third-order valence-corrected chi connectivity index (χ3v) is 2.80. The minimum Gasteiger partial charge on any atom is -0.345 e. The smallest absolute Gasteiger partial charge is 0.272 e. The number of rotatable bonds is 5. The second-order valence-corrected chi connectivity index (χ2v) is 3.88. The number of nitro groups is 1. The second kappa shape index (κ2) is 5.27. The van der Waals surface area contributed by atoms with Crippen LogP contribution in [0.3, 0.4) is 0 Å². The normalized spacial score (nSPS) is 10.2. The predicted octanol–water partition coefficient (Wildman–Crippen LogP) is 2.45. The van der Waals surface area contributed by atoms with Crippen LogP contribution in [0.4, 0.5) is 5.69 Å². The molecule has 0 atom stereocenters. The maximum absolute atomic E-state index is 10.8. The molecule has 5 heteroatoms. The second-order valence-electron chi connectivity index (χ2n) is 3.88. The Morgan fingerprint density at radius 2 is 2.00 bits per heavy atom. The summed E-state index contributed by atoms with van der Waals surface area (Å²) in [6, 6.07) is 10.1. The van der Waals surface area contributed by atoms with Crippen molar-refractivity contribution >= 4 is 12.0 Å². The van der Waals surface area contributed by atoms with Gasteiger partial charge < -0.3 is 4.57 Å². The lowest BCUT2D eigenvalue weighted by Crippen LogP contribution is -2.05. The van der Waals surface area contributed by atoms with Crippen molar-refractivity contribution < 1.29 is 9.72 Å². The van der Waals surface area contributed by atoms with Gasteiger partial charge in [0.05, 0.1) is 10.6 Å². The lowest BCUT2D eigenvalue weighted by atomic mass is 10.1. The molecule has 0 aliphatic carbocycles. The minimum absolute atomic E-state index is 0.123. The average molecular weight is 244 g/mol. The van der Waals surface area contributed by atoms with Crippen LogP contribution in [0.1, 0.15) is 16.1 Å². The third-order valence-electron chi connectivity index (χ3n) is 2.80. The molecule has 92 valence electrons. The molecule has 1 heterocycles. The van der Waals surface area contributed by atoms with E-state index in [9.17, 15) is 14.9 Å². The lowest BCUT2D eigenvalue weighted by molar-refractivity contribution is -0.385. The topological polar surface area (TPSA) is 65.1 Å². The van der Waals surface area contributed by atoms with E-state index in [1.54, 1.807) is 41.1 Å². The van der Waals surface area contributed by atoms with Crippen LogP contribution >= 0.6 is 0 Å². The highest BCUT2D eigenvalue weighted by Gasteiger charge is 2.12. The monoisotopic (exact) mass is 244 g/mol. The standard InChI is InChI=1S/C13H12N2O3/c16-10-12-5-3-8-14(12)9-7-11-4-1-2-6-13(11)15(17)18/h1-6,8,10H,7,9H2. The van der Waals surface area contributed by atoms with Gasteiger partial charge in [0.1, 0.15) is 0 Å². The number of para-hydroxylation sites is 1. The van der Waals surface area contributed by atoms with Gasteiger partial charge in [-0.15, -0.1) is 0 Å². The average Bonchev–Trinajstić information content (AvgIpc) is 2.84. The number of hydrogen-bond donors (Lipinski definition) is 0. The molecule has 1 aromatic heterocycles. The van der Waals surface area contributed by atoms with Crippen LogP contribution in [0.25, 0.3) is 0 Å². The maximum atomic E-state index is 10.8. The van der Waals surface area contributed by atoms with Crippen molar-refractivity contribution in [2.45, 2.75) is 13.0 Å². The van der Waals surface area contributed by atoms with Gasteiger partial charge in [0.2, 0.25) is 0 Å². The maximum Gasteiger partial charge on any atom is 0.272 e. The zero-order chi connectivity index (χ0) is 13.0. The summed E-state index contributed by atoms with van der Waals surface area (Å²) in [5, 5.41) is 10.8. The molecular weight excluding hydrogens is 232 g/mol. The first-order valence-corrected chi connectivity index (χ1v) is 5.55. The van der Waals surface area contributed by atoms with Crippen molar-refractivity contribution in [2.24, 2.45) is 0 Å². The highest BCUT2D eigenvalue weighted by molar-refractivity contribution is 5.72. The van der Waals surface area contributed by atoms with Gasteiger partial charge in [0, 0.05) is 24.4 Å². The summed E-state index contributed by atoms with van der Waals surface area (Å²) in [5.41, 5.74) is 1.37. The number of benzene rings is 1. The molecule has 0 N–H and O–H groups in total. The van der Waals surface area contributed by atoms with Gasteiger partial charge in [0.25, 0.3) is 5.69 Å². The zero-order valence-electron chi connectivity index (χ0n) is 9.65. The van der Waals surface area contributed by atoms with Gasteiger partial charge >= 0.3 is 0 Å². The summed E-state index contributed by atoms with van der Waals surface area (Å²) < 4.78 is 1.78. The largest absolute Gasteiger partial charge is 0.345 e. The molecule has 2 rings (SSSR count). The van der Waals surface area contributed by atoms with Gasteiger partial charge in [-0.2, -0.15) is 0 Å². The summed E-state index contributed by atoms with van der Waals surface area (Å²) in [6.45, 7) is 0.548. The van der Waals surface area contributed by atoms with Crippen LogP contribution in [0.2, 0.25) is 0 Å². The van der Waals surface area contributed by atoms with Crippen molar-refractivity contribution in [3.8, 4) is 0 Å². The molecule has 1 aromatic carbocycles. The van der Waals surface area contributed by atoms with E-state index < -0.39 is 0 Å². The number of carbonyl (C=O) groups excluding carboxylic acids is 1. The first kappa shape index (κ1) is 12.0. The van der Waals surface area contributed by atoms with E-state index in [4.69, 9.17) is 0 Å². The van der Waals surface area contributed by atoms with E-state index in [1.807, 2.05) is 0 Å². The van der Waals surface area contributed by atoms with Crippen molar-refractivity contribution in [1.82, 2.24) is 4.57 Å². The highest BCUT2D eigenvalue weighted by atomic mass is 16.6. The summed E-state index contributed by atoms with van der Waals surface area (Å²) >= 11 is 0. The Kier molecular flexibility index (Phi) is 3.52. The Morgan fingerprint density at radius 3 is 2.72 bits per heavy atom. The Bertz CT molecular complexity index is 575. The molecule has 0 saturated carbocycles. The Balaban J connectivity index is 2.16. The molecule has 0 aliphatic rings. The fourth-order valence-electron chi connectivity index (χ4n) is 1.88. The predicted molar refractivity (Wildman–Crippen MR) is 66.6 cm³/mol. The zero-order valence-corrected chi connectivity index (χ0v) is 9.65. The Hall–Kier alpha value is -2.43. The van der Waals surface area contributed by atoms with Crippen LogP contribution in [0.5, 0.6) is 0 Å². The molecule has 0 amide bonds. The summed E-state index contributed by atoms with van der Waals surface area (Å²) in [6.07, 6.45) is 3.09. The molecule has 0 fully saturated rings. The molecule has 0 saturated heterocycles. The first-order valence-electron chi connectivity index (χ1n) is 5.55. The number of aromatic nitrogens is 1. The highest BCUT2D eigenvalue weighted by Crippen LogP contribution is 2.18. The summed E-state index contributed by atoms with van der Waals surface area (Å²) in [5.74, 6) is 0. The molecule has 18 heavy (non-hydrogen) atoms. The SMILES string of the molecule is O=Cc1cccn1CCc1ccccc1[N+](=O)[O-]. The van der Waals surface area contributed by atoms with E-state index in [2.05, 4.69) is 0 Å². The summed E-state index contributed by atoms with van der Waals surface area (Å²) in [7, 11) is 0. The van der Waals surface area contributed by atoms with Gasteiger partial charge in [-0.1, -0.05) is 18.2 Å². The van der Waals surface area contributed by atoms with Crippen LogP contribution < -0.4 is 0 Å². The first-order chi connectivity index (χ1) is 8.72. The van der Waals surface area contributed by atoms with Gasteiger partial charge in [0.15, 0.2) is 6.29 Å². The van der Waals surface area contributed by atoms with Crippen molar-refractivity contribution in [3.05, 3.63) is 64.0 Å². The van der Waals surface area contributed by atoms with E-state index in [1.165, 1.54) is 6.07 Å². The van der Waals surface area contributed by atoms with Crippen molar-refractivity contribution in [2.75, 3.05) is 0 Å². The van der Waals surface area contributed by atoms with Crippen LogP contribution in [-0.2, 0) is 13.0 Å². The quantitative estimate of drug-likeness (QED) is 0.461. The fraction of sp³-hybridized carbons (Fsp3) is 0.154. The number of nitrogens with zero attached hydrogens (tertiary/aromatic N) is 2. The molecule has 2 aromatic rings. The Labute approximate surface area is 104 Å². The van der Waals surface area contributed by atoms with Gasteiger partial charge in [-0.3, -0.25) is 14.9 Å². The fourth-order valence-corrected chi connectivity index (χ4v) is 1.88. The molecule has 0 spiro atoms.